The van der Waals surface area contributed by atoms with Crippen molar-refractivity contribution in [2.24, 2.45) is 0 Å². The van der Waals surface area contributed by atoms with E-state index in [1.165, 1.54) is 18.4 Å². The SMILES string of the molecule is COC1C=C(C2=CCCCC2)C(=O)c2ccccc2C1. The van der Waals surface area contributed by atoms with Gasteiger partial charge in [-0.3, -0.25) is 4.79 Å². The van der Waals surface area contributed by atoms with E-state index in [0.717, 1.165) is 36.0 Å². The van der Waals surface area contributed by atoms with Crippen LogP contribution in [0.2, 0.25) is 0 Å². The topological polar surface area (TPSA) is 26.3 Å². The molecular weight excluding hydrogens is 248 g/mol. The minimum absolute atomic E-state index is 0.0135. The quantitative estimate of drug-likeness (QED) is 0.814. The Bertz CT molecular complexity index is 581. The van der Waals surface area contributed by atoms with Gasteiger partial charge in [0, 0.05) is 24.7 Å². The first-order chi connectivity index (χ1) is 9.79. The molecule has 0 fully saturated rings. The molecular formula is C18H20O2. The molecule has 2 nitrogen and oxygen atoms in total. The number of hydrogen-bond donors (Lipinski definition) is 0. The molecule has 104 valence electrons. The summed E-state index contributed by atoms with van der Waals surface area (Å²) in [5, 5.41) is 0. The van der Waals surface area contributed by atoms with E-state index >= 15 is 0 Å². The van der Waals surface area contributed by atoms with Crippen LogP contribution in [0.5, 0.6) is 0 Å². The van der Waals surface area contributed by atoms with Gasteiger partial charge in [-0.15, -0.1) is 0 Å². The minimum atomic E-state index is -0.0135. The monoisotopic (exact) mass is 268 g/mol. The summed E-state index contributed by atoms with van der Waals surface area (Å²) in [5.41, 5.74) is 4.00. The van der Waals surface area contributed by atoms with E-state index in [4.69, 9.17) is 4.74 Å². The van der Waals surface area contributed by atoms with Gasteiger partial charge in [-0.2, -0.15) is 0 Å². The molecule has 3 rings (SSSR count). The highest BCUT2D eigenvalue weighted by molar-refractivity contribution is 6.12. The molecule has 1 aromatic rings. The van der Waals surface area contributed by atoms with Gasteiger partial charge >= 0.3 is 0 Å². The van der Waals surface area contributed by atoms with Crippen LogP contribution in [-0.4, -0.2) is 19.0 Å². The molecule has 1 atom stereocenters. The average Bonchev–Trinajstić information content (AvgIpc) is 2.65. The molecule has 0 amide bonds. The summed E-state index contributed by atoms with van der Waals surface area (Å²) in [6.45, 7) is 0. The summed E-state index contributed by atoms with van der Waals surface area (Å²) in [6, 6.07) is 7.90. The number of benzene rings is 1. The molecule has 0 N–H and O–H groups in total. The third-order valence-corrected chi connectivity index (χ3v) is 4.22. The first kappa shape index (κ1) is 13.3. The molecule has 2 heteroatoms. The Balaban J connectivity index is 2.06. The second kappa shape index (κ2) is 5.76. The number of carbonyl (C=O) groups is 1. The number of hydrogen-bond acceptors (Lipinski definition) is 2. The Hall–Kier alpha value is -1.67. The molecule has 20 heavy (non-hydrogen) atoms. The van der Waals surface area contributed by atoms with Crippen molar-refractivity contribution in [2.45, 2.75) is 38.2 Å². The van der Waals surface area contributed by atoms with Gasteiger partial charge in [-0.1, -0.05) is 30.3 Å². The smallest absolute Gasteiger partial charge is 0.193 e. The highest BCUT2D eigenvalue weighted by atomic mass is 16.5. The Kier molecular flexibility index (Phi) is 3.83. The summed E-state index contributed by atoms with van der Waals surface area (Å²) in [5.74, 6) is 0.160. The highest BCUT2D eigenvalue weighted by Crippen LogP contribution is 2.30. The number of allylic oxidation sites excluding steroid dienone is 3. The Morgan fingerprint density at radius 1 is 1.20 bits per heavy atom. The minimum Gasteiger partial charge on any atom is -0.377 e. The lowest BCUT2D eigenvalue weighted by Crippen LogP contribution is -2.11. The summed E-state index contributed by atoms with van der Waals surface area (Å²) in [4.78, 5) is 12.8. The zero-order valence-corrected chi connectivity index (χ0v) is 11.9. The first-order valence-electron chi connectivity index (χ1n) is 7.36. The standard InChI is InChI=1S/C18H20O2/c1-20-15-11-14-9-5-6-10-16(14)18(19)17(12-15)13-7-3-2-4-8-13/h5-7,9-10,12,15H,2-4,8,11H2,1H3. The lowest BCUT2D eigenvalue weighted by molar-refractivity contribution is 0.103. The molecule has 0 saturated heterocycles. The van der Waals surface area contributed by atoms with Crippen LogP contribution in [0.4, 0.5) is 0 Å². The Morgan fingerprint density at radius 2 is 2.05 bits per heavy atom. The summed E-state index contributed by atoms with van der Waals surface area (Å²) >= 11 is 0. The molecule has 0 radical (unpaired) electrons. The second-order valence-electron chi connectivity index (χ2n) is 5.52. The summed E-state index contributed by atoms with van der Waals surface area (Å²) in [6.07, 6.45) is 9.52. The molecule has 2 aliphatic carbocycles. The molecule has 0 aromatic heterocycles. The van der Waals surface area contributed by atoms with Crippen LogP contribution < -0.4 is 0 Å². The Morgan fingerprint density at radius 3 is 2.80 bits per heavy atom. The summed E-state index contributed by atoms with van der Waals surface area (Å²) < 4.78 is 5.54. The van der Waals surface area contributed by atoms with Gasteiger partial charge in [0.1, 0.15) is 0 Å². The number of fused-ring (bicyclic) bond motifs is 1. The van der Waals surface area contributed by atoms with Crippen LogP contribution in [-0.2, 0) is 11.2 Å². The largest absolute Gasteiger partial charge is 0.377 e. The van der Waals surface area contributed by atoms with E-state index in [0.29, 0.717) is 0 Å². The third-order valence-electron chi connectivity index (χ3n) is 4.22. The van der Waals surface area contributed by atoms with E-state index in [1.54, 1.807) is 7.11 Å². The van der Waals surface area contributed by atoms with Gasteiger partial charge in [0.05, 0.1) is 6.10 Å². The molecule has 0 aliphatic heterocycles. The van der Waals surface area contributed by atoms with Crippen LogP contribution in [0, 0.1) is 0 Å². The van der Waals surface area contributed by atoms with Gasteiger partial charge < -0.3 is 4.74 Å². The Labute approximate surface area is 120 Å². The number of methoxy groups -OCH3 is 1. The molecule has 1 aromatic carbocycles. The highest BCUT2D eigenvalue weighted by Gasteiger charge is 2.25. The molecule has 0 bridgehead atoms. The number of ether oxygens (including phenoxy) is 1. The molecule has 0 spiro atoms. The number of carbonyl (C=O) groups excluding carboxylic acids is 1. The van der Waals surface area contributed by atoms with Crippen LogP contribution >= 0.6 is 0 Å². The lowest BCUT2D eigenvalue weighted by atomic mass is 9.89. The molecule has 0 heterocycles. The maximum absolute atomic E-state index is 12.8. The van der Waals surface area contributed by atoms with Crippen molar-refractivity contribution in [1.29, 1.82) is 0 Å². The van der Waals surface area contributed by atoms with Crippen LogP contribution in [0.15, 0.2) is 47.6 Å². The zero-order chi connectivity index (χ0) is 13.9. The van der Waals surface area contributed by atoms with Gasteiger partial charge in [0.15, 0.2) is 5.78 Å². The van der Waals surface area contributed by atoms with Gasteiger partial charge in [0.25, 0.3) is 0 Å². The molecule has 2 aliphatic rings. The average molecular weight is 268 g/mol. The van der Waals surface area contributed by atoms with Crippen molar-refractivity contribution in [3.05, 3.63) is 58.7 Å². The molecule has 1 unspecified atom stereocenters. The van der Waals surface area contributed by atoms with Crippen LogP contribution in [0.1, 0.15) is 41.6 Å². The van der Waals surface area contributed by atoms with E-state index in [9.17, 15) is 4.79 Å². The van der Waals surface area contributed by atoms with Crippen molar-refractivity contribution in [3.63, 3.8) is 0 Å². The number of rotatable bonds is 2. The van der Waals surface area contributed by atoms with Gasteiger partial charge in [-0.25, -0.2) is 0 Å². The van der Waals surface area contributed by atoms with Gasteiger partial charge in [-0.05, 0) is 42.9 Å². The fourth-order valence-electron chi connectivity index (χ4n) is 3.09. The fourth-order valence-corrected chi connectivity index (χ4v) is 3.09. The lowest BCUT2D eigenvalue weighted by Gasteiger charge is -2.16. The van der Waals surface area contributed by atoms with E-state index in [-0.39, 0.29) is 11.9 Å². The second-order valence-corrected chi connectivity index (χ2v) is 5.52. The molecule has 0 saturated carbocycles. The predicted octanol–water partition coefficient (Wildman–Crippen LogP) is 3.87. The van der Waals surface area contributed by atoms with E-state index in [2.05, 4.69) is 6.08 Å². The third kappa shape index (κ3) is 2.48. The first-order valence-corrected chi connectivity index (χ1v) is 7.36. The van der Waals surface area contributed by atoms with Crippen LogP contribution in [0.3, 0.4) is 0 Å². The summed E-state index contributed by atoms with van der Waals surface area (Å²) in [7, 11) is 1.71. The number of ketones is 1. The normalized spacial score (nSPS) is 22.6. The van der Waals surface area contributed by atoms with Crippen molar-refractivity contribution < 1.29 is 9.53 Å². The number of Topliss-reactive ketones (excluding diaryl/α,β-unsaturated/α-hetero) is 1. The predicted molar refractivity (Wildman–Crippen MR) is 79.9 cm³/mol. The maximum atomic E-state index is 12.8. The zero-order valence-electron chi connectivity index (χ0n) is 11.9. The van der Waals surface area contributed by atoms with Crippen molar-refractivity contribution in [1.82, 2.24) is 0 Å². The van der Waals surface area contributed by atoms with Crippen molar-refractivity contribution >= 4 is 5.78 Å². The van der Waals surface area contributed by atoms with Crippen molar-refractivity contribution in [2.75, 3.05) is 7.11 Å². The van der Waals surface area contributed by atoms with E-state index < -0.39 is 0 Å². The van der Waals surface area contributed by atoms with Crippen molar-refractivity contribution in [3.8, 4) is 0 Å². The van der Waals surface area contributed by atoms with Crippen LogP contribution in [0.25, 0.3) is 0 Å². The van der Waals surface area contributed by atoms with Gasteiger partial charge in [0.2, 0.25) is 0 Å². The fraction of sp³-hybridized carbons (Fsp3) is 0.389. The van der Waals surface area contributed by atoms with E-state index in [1.807, 2.05) is 30.3 Å². The maximum Gasteiger partial charge on any atom is 0.193 e.